The Kier molecular flexibility index (Phi) is 4.64. The maximum Gasteiger partial charge on any atom is 0.295 e. The molecule has 1 N–H and O–H groups in total. The van der Waals surface area contributed by atoms with Crippen LogP contribution in [0, 0.1) is 13.8 Å². The third-order valence-electron chi connectivity index (χ3n) is 4.90. The van der Waals surface area contributed by atoms with Gasteiger partial charge < -0.3 is 5.32 Å². The fraction of sp³-hybridized carbons (Fsp3) is 0.136. The normalized spacial score (nSPS) is 10.9. The lowest BCUT2D eigenvalue weighted by Crippen LogP contribution is -2.22. The number of carbonyl (C=O) groups is 1. The molecule has 0 aliphatic carbocycles. The summed E-state index contributed by atoms with van der Waals surface area (Å²) in [6.07, 6.45) is 3.69. The molecule has 0 unspecified atom stereocenters. The molecule has 2 heterocycles. The highest BCUT2D eigenvalue weighted by Crippen LogP contribution is 2.16. The Labute approximate surface area is 167 Å². The number of aromatic nitrogens is 4. The van der Waals surface area contributed by atoms with Gasteiger partial charge in [-0.25, -0.2) is 9.36 Å². The summed E-state index contributed by atoms with van der Waals surface area (Å²) < 4.78 is 5.02. The molecule has 0 saturated carbocycles. The minimum Gasteiger partial charge on any atom is -0.316 e. The molecule has 7 heteroatoms. The Morgan fingerprint density at radius 3 is 2.28 bits per heavy atom. The van der Waals surface area contributed by atoms with Crippen molar-refractivity contribution in [2.24, 2.45) is 7.05 Å². The van der Waals surface area contributed by atoms with Crippen molar-refractivity contribution < 1.29 is 4.79 Å². The van der Waals surface area contributed by atoms with E-state index in [0.29, 0.717) is 11.3 Å². The summed E-state index contributed by atoms with van der Waals surface area (Å²) in [4.78, 5) is 25.7. The average molecular weight is 387 g/mol. The topological polar surface area (TPSA) is 73.8 Å². The second-order valence-corrected chi connectivity index (χ2v) is 6.90. The molecule has 2 aromatic heterocycles. The smallest absolute Gasteiger partial charge is 0.295 e. The molecule has 0 saturated heterocycles. The van der Waals surface area contributed by atoms with Crippen LogP contribution in [-0.4, -0.2) is 25.1 Å². The van der Waals surface area contributed by atoms with Gasteiger partial charge in [0.15, 0.2) is 0 Å². The molecule has 2 aromatic carbocycles. The summed E-state index contributed by atoms with van der Waals surface area (Å²) in [6, 6.07) is 16.4. The number of hydrogen-bond donors (Lipinski definition) is 1. The summed E-state index contributed by atoms with van der Waals surface area (Å²) >= 11 is 0. The Balaban J connectivity index is 1.61. The number of rotatable bonds is 4. The van der Waals surface area contributed by atoms with Crippen LogP contribution in [0.25, 0.3) is 11.4 Å². The predicted molar refractivity (Wildman–Crippen MR) is 112 cm³/mol. The molecular formula is C22H21N5O2. The van der Waals surface area contributed by atoms with Gasteiger partial charge in [-0.1, -0.05) is 18.2 Å². The van der Waals surface area contributed by atoms with Crippen molar-refractivity contribution in [1.29, 1.82) is 0 Å². The van der Waals surface area contributed by atoms with Crippen LogP contribution >= 0.6 is 0 Å². The van der Waals surface area contributed by atoms with Crippen molar-refractivity contribution >= 4 is 11.6 Å². The molecular weight excluding hydrogens is 366 g/mol. The van der Waals surface area contributed by atoms with Gasteiger partial charge in [0.25, 0.3) is 11.5 Å². The average Bonchev–Trinajstić information content (AvgIpc) is 3.26. The zero-order chi connectivity index (χ0) is 20.5. The molecule has 0 fully saturated rings. The lowest BCUT2D eigenvalue weighted by Gasteiger charge is -2.07. The molecule has 0 aliphatic rings. The fourth-order valence-electron chi connectivity index (χ4n) is 3.22. The van der Waals surface area contributed by atoms with Crippen LogP contribution in [0.4, 0.5) is 5.69 Å². The number of aryl methyl sites for hydroxylation is 1. The van der Waals surface area contributed by atoms with Crippen LogP contribution in [0.2, 0.25) is 0 Å². The van der Waals surface area contributed by atoms with E-state index in [9.17, 15) is 9.59 Å². The summed E-state index contributed by atoms with van der Waals surface area (Å²) in [7, 11) is 1.79. The number of amides is 1. The largest absolute Gasteiger partial charge is 0.316 e. The van der Waals surface area contributed by atoms with Crippen LogP contribution in [0.1, 0.15) is 21.6 Å². The lowest BCUT2D eigenvalue weighted by atomic mass is 10.2. The number of benzene rings is 2. The van der Waals surface area contributed by atoms with Crippen molar-refractivity contribution in [1.82, 2.24) is 19.1 Å². The molecule has 0 spiro atoms. The van der Waals surface area contributed by atoms with Crippen molar-refractivity contribution in [3.8, 4) is 11.4 Å². The standard InChI is InChI=1S/C22H21N5O2/c1-15-13-23-26(14-15)18-11-9-17(10-12-18)21(28)24-20-16(2)25(3)27(22(20)29)19-7-5-4-6-8-19/h4-14H,1-3H3,(H,24,28). The lowest BCUT2D eigenvalue weighted by molar-refractivity contribution is 0.102. The van der Waals surface area contributed by atoms with Gasteiger partial charge in [-0.15, -0.1) is 0 Å². The molecule has 29 heavy (non-hydrogen) atoms. The van der Waals surface area contributed by atoms with Crippen LogP contribution in [0.3, 0.4) is 0 Å². The molecule has 146 valence electrons. The van der Waals surface area contributed by atoms with E-state index in [2.05, 4.69) is 10.4 Å². The van der Waals surface area contributed by atoms with Crippen molar-refractivity contribution in [3.63, 3.8) is 0 Å². The van der Waals surface area contributed by atoms with Crippen molar-refractivity contribution in [3.05, 3.63) is 94.2 Å². The van der Waals surface area contributed by atoms with Gasteiger partial charge in [-0.2, -0.15) is 5.10 Å². The van der Waals surface area contributed by atoms with Gasteiger partial charge in [-0.05, 0) is 55.8 Å². The Hall–Kier alpha value is -3.87. The molecule has 0 aliphatic heterocycles. The predicted octanol–water partition coefficient (Wildman–Crippen LogP) is 3.23. The van der Waals surface area contributed by atoms with Gasteiger partial charge in [0, 0.05) is 18.8 Å². The first-order valence-corrected chi connectivity index (χ1v) is 9.23. The molecule has 0 atom stereocenters. The van der Waals surface area contributed by atoms with Gasteiger partial charge in [-0.3, -0.25) is 14.3 Å². The molecule has 4 rings (SSSR count). The monoisotopic (exact) mass is 387 g/mol. The Bertz CT molecular complexity index is 1230. The number of nitrogens with one attached hydrogen (secondary N) is 1. The second kappa shape index (κ2) is 7.27. The van der Waals surface area contributed by atoms with Crippen LogP contribution in [0.5, 0.6) is 0 Å². The van der Waals surface area contributed by atoms with Gasteiger partial charge in [0.2, 0.25) is 0 Å². The molecule has 1 amide bonds. The second-order valence-electron chi connectivity index (χ2n) is 6.90. The number of carbonyl (C=O) groups excluding carboxylic acids is 1. The Morgan fingerprint density at radius 2 is 1.66 bits per heavy atom. The molecule has 4 aromatic rings. The van der Waals surface area contributed by atoms with Crippen molar-refractivity contribution in [2.75, 3.05) is 5.32 Å². The zero-order valence-corrected chi connectivity index (χ0v) is 16.5. The first-order valence-electron chi connectivity index (χ1n) is 9.23. The highest BCUT2D eigenvalue weighted by atomic mass is 16.2. The SMILES string of the molecule is Cc1cnn(-c2ccc(C(=O)Nc3c(C)n(C)n(-c4ccccc4)c3=O)cc2)c1. The molecule has 7 nitrogen and oxygen atoms in total. The van der Waals surface area contributed by atoms with E-state index in [4.69, 9.17) is 0 Å². The van der Waals surface area contributed by atoms with E-state index in [0.717, 1.165) is 16.9 Å². The number of hydrogen-bond acceptors (Lipinski definition) is 3. The van der Waals surface area contributed by atoms with E-state index in [1.807, 2.05) is 55.6 Å². The van der Waals surface area contributed by atoms with E-state index in [1.165, 1.54) is 4.68 Å². The number of anilines is 1. The summed E-state index contributed by atoms with van der Waals surface area (Å²) in [5, 5.41) is 7.04. The first kappa shape index (κ1) is 18.5. The third kappa shape index (κ3) is 3.38. The maximum absolute atomic E-state index is 12.9. The summed E-state index contributed by atoms with van der Waals surface area (Å²) in [5.74, 6) is -0.334. The van der Waals surface area contributed by atoms with E-state index >= 15 is 0 Å². The van der Waals surface area contributed by atoms with Crippen LogP contribution < -0.4 is 10.9 Å². The van der Waals surface area contributed by atoms with Crippen LogP contribution in [-0.2, 0) is 7.05 Å². The van der Waals surface area contributed by atoms with Gasteiger partial charge in [0.05, 0.1) is 23.3 Å². The first-order chi connectivity index (χ1) is 14.0. The summed E-state index contributed by atoms with van der Waals surface area (Å²) in [5.41, 5.74) is 3.80. The number of para-hydroxylation sites is 1. The summed E-state index contributed by atoms with van der Waals surface area (Å²) in [6.45, 7) is 3.77. The zero-order valence-electron chi connectivity index (χ0n) is 16.5. The minimum absolute atomic E-state index is 0.270. The van der Waals surface area contributed by atoms with Gasteiger partial charge in [0.1, 0.15) is 5.69 Å². The van der Waals surface area contributed by atoms with E-state index in [1.54, 1.807) is 41.7 Å². The molecule has 0 radical (unpaired) electrons. The van der Waals surface area contributed by atoms with E-state index < -0.39 is 0 Å². The van der Waals surface area contributed by atoms with Crippen LogP contribution in [0.15, 0.2) is 71.8 Å². The highest BCUT2D eigenvalue weighted by molar-refractivity contribution is 6.04. The third-order valence-corrected chi connectivity index (χ3v) is 4.90. The Morgan fingerprint density at radius 1 is 0.966 bits per heavy atom. The fourth-order valence-corrected chi connectivity index (χ4v) is 3.22. The maximum atomic E-state index is 12.9. The minimum atomic E-state index is -0.334. The van der Waals surface area contributed by atoms with E-state index in [-0.39, 0.29) is 17.2 Å². The number of nitrogens with zero attached hydrogens (tertiary/aromatic N) is 4. The van der Waals surface area contributed by atoms with Gasteiger partial charge >= 0.3 is 0 Å². The highest BCUT2D eigenvalue weighted by Gasteiger charge is 2.18. The molecule has 0 bridgehead atoms. The quantitative estimate of drug-likeness (QED) is 0.584. The van der Waals surface area contributed by atoms with Crippen molar-refractivity contribution in [2.45, 2.75) is 13.8 Å².